The van der Waals surface area contributed by atoms with Gasteiger partial charge in [-0.25, -0.2) is 9.18 Å². The Kier molecular flexibility index (Phi) is 4.09. The normalized spacial score (nSPS) is 10.1. The number of nitrogens with one attached hydrogen (secondary N) is 1. The zero-order chi connectivity index (χ0) is 14.5. The second-order valence-electron chi connectivity index (χ2n) is 3.80. The lowest BCUT2D eigenvalue weighted by Crippen LogP contribution is -2.02. The molecular formula is C13H12FN3O3. The number of carbonyl (C=O) groups is 1. The predicted molar refractivity (Wildman–Crippen MR) is 69.8 cm³/mol. The maximum atomic E-state index is 13.5. The number of rotatable bonds is 5. The summed E-state index contributed by atoms with van der Waals surface area (Å²) in [6, 6.07) is 3.71. The second kappa shape index (κ2) is 5.96. The predicted octanol–water partition coefficient (Wildman–Crippen LogP) is 2.46. The molecule has 1 heterocycles. The van der Waals surface area contributed by atoms with Crippen molar-refractivity contribution in [1.29, 1.82) is 0 Å². The quantitative estimate of drug-likeness (QED) is 0.873. The molecule has 2 rings (SSSR count). The van der Waals surface area contributed by atoms with Crippen LogP contribution in [-0.2, 0) is 0 Å². The minimum Gasteiger partial charge on any atom is -0.478 e. The van der Waals surface area contributed by atoms with Crippen LogP contribution >= 0.6 is 0 Å². The van der Waals surface area contributed by atoms with E-state index in [4.69, 9.17) is 9.84 Å². The van der Waals surface area contributed by atoms with E-state index in [1.165, 1.54) is 24.5 Å². The van der Waals surface area contributed by atoms with E-state index >= 15 is 0 Å². The Bertz CT molecular complexity index is 634. The Balaban J connectivity index is 2.19. The van der Waals surface area contributed by atoms with Gasteiger partial charge < -0.3 is 15.2 Å². The van der Waals surface area contributed by atoms with E-state index in [2.05, 4.69) is 15.3 Å². The third-order valence-electron chi connectivity index (χ3n) is 2.38. The van der Waals surface area contributed by atoms with E-state index in [9.17, 15) is 9.18 Å². The van der Waals surface area contributed by atoms with Crippen LogP contribution < -0.4 is 10.1 Å². The summed E-state index contributed by atoms with van der Waals surface area (Å²) >= 11 is 0. The molecule has 104 valence electrons. The van der Waals surface area contributed by atoms with Gasteiger partial charge in [-0.1, -0.05) is 0 Å². The van der Waals surface area contributed by atoms with Gasteiger partial charge in [0, 0.05) is 5.69 Å². The number of benzene rings is 1. The molecule has 1 aromatic heterocycles. The fraction of sp³-hybridized carbons (Fsp3) is 0.154. The number of aromatic nitrogens is 2. The Morgan fingerprint density at radius 2 is 2.25 bits per heavy atom. The average molecular weight is 277 g/mol. The zero-order valence-corrected chi connectivity index (χ0v) is 10.6. The molecule has 0 unspecified atom stereocenters. The number of anilines is 2. The number of hydrogen-bond acceptors (Lipinski definition) is 5. The molecule has 2 N–H and O–H groups in total. The van der Waals surface area contributed by atoms with Crippen molar-refractivity contribution in [2.45, 2.75) is 6.92 Å². The third-order valence-corrected chi connectivity index (χ3v) is 2.38. The van der Waals surface area contributed by atoms with Gasteiger partial charge in [-0.2, -0.15) is 4.98 Å². The summed E-state index contributed by atoms with van der Waals surface area (Å²) in [5.74, 6) is -1.41. The van der Waals surface area contributed by atoms with Gasteiger partial charge >= 0.3 is 5.97 Å². The van der Waals surface area contributed by atoms with E-state index in [1.807, 2.05) is 6.92 Å². The zero-order valence-electron chi connectivity index (χ0n) is 10.6. The lowest BCUT2D eigenvalue weighted by molar-refractivity contribution is 0.0692. The number of hydrogen-bond donors (Lipinski definition) is 2. The summed E-state index contributed by atoms with van der Waals surface area (Å²) in [7, 11) is 0. The van der Waals surface area contributed by atoms with Crippen molar-refractivity contribution in [3.8, 4) is 5.88 Å². The summed E-state index contributed by atoms with van der Waals surface area (Å²) in [6.07, 6.45) is 2.91. The van der Waals surface area contributed by atoms with Crippen molar-refractivity contribution in [2.24, 2.45) is 0 Å². The van der Waals surface area contributed by atoms with E-state index in [1.54, 1.807) is 0 Å². The maximum Gasteiger partial charge on any atom is 0.338 e. The van der Waals surface area contributed by atoms with Gasteiger partial charge in [0.2, 0.25) is 5.88 Å². The number of carboxylic acid groups (broad SMARTS) is 1. The lowest BCUT2D eigenvalue weighted by atomic mass is 10.2. The Morgan fingerprint density at radius 1 is 1.45 bits per heavy atom. The van der Waals surface area contributed by atoms with Crippen LogP contribution in [0, 0.1) is 5.82 Å². The summed E-state index contributed by atoms with van der Waals surface area (Å²) in [6.45, 7) is 2.28. The average Bonchev–Trinajstić information content (AvgIpc) is 2.39. The Labute approximate surface area is 114 Å². The first-order valence-electron chi connectivity index (χ1n) is 5.85. The monoisotopic (exact) mass is 277 g/mol. The van der Waals surface area contributed by atoms with E-state index < -0.39 is 11.8 Å². The van der Waals surface area contributed by atoms with Gasteiger partial charge in [0.15, 0.2) is 5.82 Å². The summed E-state index contributed by atoms with van der Waals surface area (Å²) < 4.78 is 18.7. The van der Waals surface area contributed by atoms with Crippen molar-refractivity contribution < 1.29 is 19.0 Å². The van der Waals surface area contributed by atoms with Crippen molar-refractivity contribution in [2.75, 3.05) is 11.9 Å². The molecule has 0 bridgehead atoms. The molecular weight excluding hydrogens is 265 g/mol. The second-order valence-corrected chi connectivity index (χ2v) is 3.80. The molecule has 0 saturated carbocycles. The van der Waals surface area contributed by atoms with Crippen molar-refractivity contribution in [1.82, 2.24) is 9.97 Å². The first-order valence-corrected chi connectivity index (χ1v) is 5.85. The minimum absolute atomic E-state index is 0.347. The summed E-state index contributed by atoms with van der Waals surface area (Å²) in [5, 5.41) is 11.6. The van der Waals surface area contributed by atoms with Crippen LogP contribution in [0.25, 0.3) is 0 Å². The molecule has 0 radical (unpaired) electrons. The molecule has 0 aliphatic heterocycles. The highest BCUT2D eigenvalue weighted by atomic mass is 19.1. The number of aromatic carboxylic acids is 1. The van der Waals surface area contributed by atoms with E-state index in [-0.39, 0.29) is 5.56 Å². The first-order chi connectivity index (χ1) is 9.60. The first kappa shape index (κ1) is 13.7. The molecule has 20 heavy (non-hydrogen) atoms. The van der Waals surface area contributed by atoms with Crippen LogP contribution in [0.2, 0.25) is 0 Å². The van der Waals surface area contributed by atoms with Gasteiger partial charge in [0.1, 0.15) is 5.82 Å². The molecule has 1 aromatic carbocycles. The maximum absolute atomic E-state index is 13.5. The van der Waals surface area contributed by atoms with Crippen LogP contribution in [0.15, 0.2) is 30.6 Å². The summed E-state index contributed by atoms with van der Waals surface area (Å²) in [4.78, 5) is 18.7. The van der Waals surface area contributed by atoms with Crippen LogP contribution in [0.4, 0.5) is 15.9 Å². The minimum atomic E-state index is -1.31. The van der Waals surface area contributed by atoms with Crippen molar-refractivity contribution in [3.63, 3.8) is 0 Å². The van der Waals surface area contributed by atoms with Gasteiger partial charge in [-0.15, -0.1) is 0 Å². The highest BCUT2D eigenvalue weighted by Crippen LogP contribution is 2.19. The molecule has 0 aliphatic carbocycles. The molecule has 2 aromatic rings. The lowest BCUT2D eigenvalue weighted by Gasteiger charge is -2.08. The molecule has 0 aliphatic rings. The highest BCUT2D eigenvalue weighted by Gasteiger charge is 2.10. The van der Waals surface area contributed by atoms with Crippen molar-refractivity contribution in [3.05, 3.63) is 42.0 Å². The fourth-order valence-electron chi connectivity index (χ4n) is 1.54. The third kappa shape index (κ3) is 3.19. The molecule has 0 amide bonds. The number of carboxylic acids is 1. The standard InChI is InChI=1S/C13H12FN3O3/c1-2-20-12-7-15-6-11(17-12)16-8-3-4-9(13(18)19)10(14)5-8/h3-7H,2H2,1H3,(H,16,17)(H,18,19). The molecule has 6 nitrogen and oxygen atoms in total. The van der Waals surface area contributed by atoms with Crippen LogP contribution in [0.1, 0.15) is 17.3 Å². The topological polar surface area (TPSA) is 84.3 Å². The Morgan fingerprint density at radius 3 is 2.90 bits per heavy atom. The van der Waals surface area contributed by atoms with Crippen molar-refractivity contribution >= 4 is 17.5 Å². The van der Waals surface area contributed by atoms with E-state index in [0.29, 0.717) is 24.0 Å². The molecule has 0 saturated heterocycles. The fourth-order valence-corrected chi connectivity index (χ4v) is 1.54. The van der Waals surface area contributed by atoms with E-state index in [0.717, 1.165) is 6.07 Å². The Hall–Kier alpha value is -2.70. The number of nitrogens with zero attached hydrogens (tertiary/aromatic N) is 2. The van der Waals surface area contributed by atoms with Gasteiger partial charge in [-0.3, -0.25) is 4.98 Å². The highest BCUT2D eigenvalue weighted by molar-refractivity contribution is 5.88. The molecule has 7 heteroatoms. The number of ether oxygens (including phenoxy) is 1. The van der Waals surface area contributed by atoms with Crippen LogP contribution in [0.5, 0.6) is 5.88 Å². The molecule has 0 spiro atoms. The largest absolute Gasteiger partial charge is 0.478 e. The van der Waals surface area contributed by atoms with Gasteiger partial charge in [0.25, 0.3) is 0 Å². The summed E-state index contributed by atoms with van der Waals surface area (Å²) in [5.41, 5.74) is -0.0138. The SMILES string of the molecule is CCOc1cncc(Nc2ccc(C(=O)O)c(F)c2)n1. The van der Waals surface area contributed by atoms with Gasteiger partial charge in [-0.05, 0) is 25.1 Å². The van der Waals surface area contributed by atoms with Gasteiger partial charge in [0.05, 0.1) is 24.6 Å². The van der Waals surface area contributed by atoms with Crippen LogP contribution in [0.3, 0.4) is 0 Å². The van der Waals surface area contributed by atoms with Crippen LogP contribution in [-0.4, -0.2) is 27.7 Å². The molecule has 0 fully saturated rings. The number of halogens is 1. The smallest absolute Gasteiger partial charge is 0.338 e. The molecule has 0 atom stereocenters.